The molecule has 0 bridgehead atoms. The summed E-state index contributed by atoms with van der Waals surface area (Å²) in [6.45, 7) is 1.40. The van der Waals surface area contributed by atoms with E-state index in [-0.39, 0.29) is 22.3 Å². The highest BCUT2D eigenvalue weighted by Crippen LogP contribution is 2.37. The number of nitrogens with zero attached hydrogens (tertiary/aromatic N) is 1. The van der Waals surface area contributed by atoms with Crippen molar-refractivity contribution in [2.75, 3.05) is 5.32 Å². The zero-order valence-corrected chi connectivity index (χ0v) is 13.9. The van der Waals surface area contributed by atoms with Gasteiger partial charge in [0.05, 0.1) is 22.3 Å². The number of nitrogens with one attached hydrogen (secondary N) is 2. The van der Waals surface area contributed by atoms with Crippen molar-refractivity contribution in [3.8, 4) is 0 Å². The summed E-state index contributed by atoms with van der Waals surface area (Å²) in [5.74, 6) is -1.69. The van der Waals surface area contributed by atoms with Crippen molar-refractivity contribution in [2.45, 2.75) is 13.1 Å². The zero-order valence-electron chi connectivity index (χ0n) is 13.9. The van der Waals surface area contributed by atoms with Gasteiger partial charge < -0.3 is 10.3 Å². The lowest BCUT2D eigenvalue weighted by Gasteiger charge is -2.14. The van der Waals surface area contributed by atoms with E-state index in [0.29, 0.717) is 16.6 Å². The molecule has 0 radical (unpaired) electrons. The summed E-state index contributed by atoms with van der Waals surface area (Å²) >= 11 is 0. The number of fused-ring (bicyclic) bond motifs is 2. The molecule has 4 rings (SSSR count). The maximum atomic E-state index is 13.5. The van der Waals surface area contributed by atoms with E-state index < -0.39 is 23.4 Å². The molecule has 0 atom stereocenters. The van der Waals surface area contributed by atoms with Gasteiger partial charge in [-0.1, -0.05) is 6.07 Å². The number of aromatic nitrogens is 2. The van der Waals surface area contributed by atoms with Crippen LogP contribution in [0.3, 0.4) is 0 Å². The predicted octanol–water partition coefficient (Wildman–Crippen LogP) is 6.07. The summed E-state index contributed by atoms with van der Waals surface area (Å²) in [4.78, 5) is 7.02. The molecule has 0 aliphatic heterocycles. The molecule has 0 unspecified atom stereocenters. The van der Waals surface area contributed by atoms with Gasteiger partial charge in [0.15, 0.2) is 11.6 Å². The van der Waals surface area contributed by atoms with Crippen LogP contribution in [-0.2, 0) is 6.18 Å². The van der Waals surface area contributed by atoms with Crippen molar-refractivity contribution >= 4 is 33.3 Å². The third-order valence-electron chi connectivity index (χ3n) is 4.35. The minimum atomic E-state index is -4.49. The van der Waals surface area contributed by atoms with Gasteiger partial charge in [-0.15, -0.1) is 0 Å². The predicted molar refractivity (Wildman–Crippen MR) is 93.0 cm³/mol. The fourth-order valence-corrected chi connectivity index (χ4v) is 3.12. The number of benzene rings is 2. The average Bonchev–Trinajstić information content (AvgIpc) is 2.96. The fraction of sp³-hybridized carbons (Fsp3) is 0.105. The molecule has 0 spiro atoms. The first kappa shape index (κ1) is 17.3. The van der Waals surface area contributed by atoms with Crippen LogP contribution in [0, 0.1) is 18.6 Å². The Hall–Kier alpha value is -3.16. The number of pyridine rings is 1. The molecule has 2 N–H and O–H groups in total. The van der Waals surface area contributed by atoms with Crippen LogP contribution in [0.15, 0.2) is 42.6 Å². The molecule has 2 aromatic carbocycles. The molecule has 4 aromatic rings. The highest BCUT2D eigenvalue weighted by Gasteiger charge is 2.34. The van der Waals surface area contributed by atoms with Crippen LogP contribution in [0.25, 0.3) is 21.8 Å². The molecule has 138 valence electrons. The van der Waals surface area contributed by atoms with Crippen LogP contribution >= 0.6 is 0 Å². The SMILES string of the molecule is Cc1ccc2nc(Nc3c[nH]c4cc(F)c(F)cc34)ccc2c1C(F)(F)F. The summed E-state index contributed by atoms with van der Waals surface area (Å²) < 4.78 is 66.8. The lowest BCUT2D eigenvalue weighted by atomic mass is 10.0. The molecule has 0 saturated heterocycles. The monoisotopic (exact) mass is 377 g/mol. The van der Waals surface area contributed by atoms with Crippen molar-refractivity contribution in [1.82, 2.24) is 9.97 Å². The van der Waals surface area contributed by atoms with Crippen LogP contribution in [0.4, 0.5) is 33.5 Å². The average molecular weight is 377 g/mol. The Bertz CT molecular complexity index is 1180. The summed E-state index contributed by atoms with van der Waals surface area (Å²) in [6.07, 6.45) is -2.98. The first-order valence-corrected chi connectivity index (χ1v) is 7.95. The second-order valence-corrected chi connectivity index (χ2v) is 6.16. The molecule has 8 heteroatoms. The topological polar surface area (TPSA) is 40.7 Å². The van der Waals surface area contributed by atoms with E-state index in [1.807, 2.05) is 0 Å². The van der Waals surface area contributed by atoms with E-state index in [1.165, 1.54) is 37.4 Å². The van der Waals surface area contributed by atoms with Gasteiger partial charge in [-0.25, -0.2) is 13.8 Å². The molecule has 2 aromatic heterocycles. The maximum absolute atomic E-state index is 13.5. The number of H-pyrrole nitrogens is 1. The van der Waals surface area contributed by atoms with Gasteiger partial charge in [-0.3, -0.25) is 0 Å². The Morgan fingerprint density at radius 1 is 0.963 bits per heavy atom. The van der Waals surface area contributed by atoms with Gasteiger partial charge >= 0.3 is 6.18 Å². The molecule has 0 aliphatic rings. The standard InChI is InChI=1S/C19H12F5N3/c1-9-2-4-14-10(18(9)19(22,23)24)3-5-17(26-14)27-16-8-25-15-7-13(21)12(20)6-11(15)16/h2-8,25H,1H3,(H,26,27). The first-order chi connectivity index (χ1) is 12.7. The summed E-state index contributed by atoms with van der Waals surface area (Å²) in [7, 11) is 0. The Balaban J connectivity index is 1.78. The first-order valence-electron chi connectivity index (χ1n) is 7.95. The zero-order chi connectivity index (χ0) is 19.3. The number of aromatic amines is 1. The smallest absolute Gasteiger partial charge is 0.359 e. The van der Waals surface area contributed by atoms with Crippen molar-refractivity contribution < 1.29 is 22.0 Å². The Kier molecular flexibility index (Phi) is 3.80. The molecule has 27 heavy (non-hydrogen) atoms. The van der Waals surface area contributed by atoms with E-state index in [1.54, 1.807) is 0 Å². The van der Waals surface area contributed by atoms with Gasteiger partial charge in [0, 0.05) is 23.0 Å². The normalized spacial score (nSPS) is 12.1. The number of alkyl halides is 3. The number of hydrogen-bond acceptors (Lipinski definition) is 2. The van der Waals surface area contributed by atoms with Crippen LogP contribution in [0.2, 0.25) is 0 Å². The maximum Gasteiger partial charge on any atom is 0.417 e. The minimum absolute atomic E-state index is 0.0000854. The van der Waals surface area contributed by atoms with E-state index in [0.717, 1.165) is 12.1 Å². The van der Waals surface area contributed by atoms with E-state index in [2.05, 4.69) is 15.3 Å². The van der Waals surface area contributed by atoms with Crippen LogP contribution < -0.4 is 5.32 Å². The van der Waals surface area contributed by atoms with Gasteiger partial charge in [0.2, 0.25) is 0 Å². The molecule has 0 amide bonds. The van der Waals surface area contributed by atoms with E-state index in [4.69, 9.17) is 0 Å². The largest absolute Gasteiger partial charge is 0.417 e. The highest BCUT2D eigenvalue weighted by atomic mass is 19.4. The number of anilines is 2. The lowest BCUT2D eigenvalue weighted by molar-refractivity contribution is -0.136. The minimum Gasteiger partial charge on any atom is -0.359 e. The van der Waals surface area contributed by atoms with E-state index >= 15 is 0 Å². The Morgan fingerprint density at radius 3 is 2.44 bits per heavy atom. The Labute approximate surface area is 149 Å². The van der Waals surface area contributed by atoms with Crippen molar-refractivity contribution in [3.05, 3.63) is 65.4 Å². The van der Waals surface area contributed by atoms with Crippen molar-refractivity contribution in [1.29, 1.82) is 0 Å². The summed E-state index contributed by atoms with van der Waals surface area (Å²) in [5.41, 5.74) is 0.386. The summed E-state index contributed by atoms with van der Waals surface area (Å²) in [5, 5.41) is 3.32. The molecule has 0 aliphatic carbocycles. The van der Waals surface area contributed by atoms with Crippen LogP contribution in [-0.4, -0.2) is 9.97 Å². The molecular formula is C19H12F5N3. The van der Waals surface area contributed by atoms with E-state index in [9.17, 15) is 22.0 Å². The fourth-order valence-electron chi connectivity index (χ4n) is 3.12. The number of hydrogen-bond donors (Lipinski definition) is 2. The van der Waals surface area contributed by atoms with Crippen molar-refractivity contribution in [3.63, 3.8) is 0 Å². The molecule has 3 nitrogen and oxygen atoms in total. The second kappa shape index (κ2) is 5.94. The third-order valence-corrected chi connectivity index (χ3v) is 4.35. The van der Waals surface area contributed by atoms with Gasteiger partial charge in [-0.2, -0.15) is 13.2 Å². The molecule has 0 saturated carbocycles. The molecule has 0 fully saturated rings. The second-order valence-electron chi connectivity index (χ2n) is 6.16. The summed E-state index contributed by atoms with van der Waals surface area (Å²) in [6, 6.07) is 7.70. The van der Waals surface area contributed by atoms with Crippen LogP contribution in [0.5, 0.6) is 0 Å². The van der Waals surface area contributed by atoms with Crippen LogP contribution in [0.1, 0.15) is 11.1 Å². The quantitative estimate of drug-likeness (QED) is 0.417. The highest BCUT2D eigenvalue weighted by molar-refractivity contribution is 5.94. The van der Waals surface area contributed by atoms with Crippen molar-refractivity contribution in [2.24, 2.45) is 0 Å². The van der Waals surface area contributed by atoms with Gasteiger partial charge in [0.25, 0.3) is 0 Å². The van der Waals surface area contributed by atoms with Gasteiger partial charge in [-0.05, 0) is 36.8 Å². The lowest BCUT2D eigenvalue weighted by Crippen LogP contribution is -2.09. The molecular weight excluding hydrogens is 365 g/mol. The number of rotatable bonds is 2. The number of halogens is 5. The molecule has 2 heterocycles. The third kappa shape index (κ3) is 2.97. The Morgan fingerprint density at radius 2 is 1.70 bits per heavy atom. The van der Waals surface area contributed by atoms with Gasteiger partial charge in [0.1, 0.15) is 5.82 Å². The number of aryl methyl sites for hydroxylation is 1.